The Morgan fingerprint density at radius 3 is 2.41 bits per heavy atom. The van der Waals surface area contributed by atoms with Gasteiger partial charge in [-0.15, -0.1) is 0 Å². The highest BCUT2D eigenvalue weighted by Crippen LogP contribution is 2.29. The number of imide groups is 1. The molecule has 114 valence electrons. The fraction of sp³-hybridized carbons (Fsp3) is 0. The molecule has 10 heteroatoms. The van der Waals surface area contributed by atoms with Gasteiger partial charge in [-0.1, -0.05) is 35.3 Å². The number of halogens is 2. The second-order valence-corrected chi connectivity index (χ2v) is 5.38. The predicted octanol–water partition coefficient (Wildman–Crippen LogP) is 3.11. The molecular weight excluding hydrogens is 353 g/mol. The van der Waals surface area contributed by atoms with Gasteiger partial charge in [-0.05, 0) is 23.7 Å². The number of carboxylic acid groups (broad SMARTS) is 1. The summed E-state index contributed by atoms with van der Waals surface area (Å²) >= 11 is 12.3. The predicted molar refractivity (Wildman–Crippen MR) is 82.0 cm³/mol. The lowest BCUT2D eigenvalue weighted by Gasteiger charge is -2.09. The lowest BCUT2D eigenvalue weighted by Crippen LogP contribution is -2.29. The standard InChI is InChI=1S/C12H7Cl2N3O4S/c13-7-8(22-17-9(7)14)11(19)15-6-4-2-1-3-5(6)10(18)16-12(20)21/h1-4H,(H,15,19)(H,16,18)(H,20,21). The molecule has 0 saturated carbocycles. The van der Waals surface area contributed by atoms with Gasteiger partial charge >= 0.3 is 6.09 Å². The molecule has 2 rings (SSSR count). The number of benzene rings is 1. The normalized spacial score (nSPS) is 10.1. The van der Waals surface area contributed by atoms with E-state index in [2.05, 4.69) is 9.69 Å². The topological polar surface area (TPSA) is 108 Å². The molecular formula is C12H7Cl2N3O4S. The minimum absolute atomic E-state index is 0.00808. The molecule has 2 aromatic rings. The molecule has 3 N–H and O–H groups in total. The first kappa shape index (κ1) is 16.2. The van der Waals surface area contributed by atoms with E-state index in [1.807, 2.05) is 0 Å². The van der Waals surface area contributed by atoms with E-state index in [1.54, 1.807) is 11.4 Å². The molecule has 7 nitrogen and oxygen atoms in total. The number of para-hydroxylation sites is 1. The van der Waals surface area contributed by atoms with Crippen molar-refractivity contribution >= 4 is 58.3 Å². The molecule has 0 unspecified atom stereocenters. The molecule has 0 aliphatic carbocycles. The lowest BCUT2D eigenvalue weighted by molar-refractivity contribution is 0.0949. The van der Waals surface area contributed by atoms with E-state index in [0.29, 0.717) is 0 Å². The van der Waals surface area contributed by atoms with Gasteiger partial charge in [0, 0.05) is 0 Å². The number of carbonyl (C=O) groups excluding carboxylic acids is 2. The lowest BCUT2D eigenvalue weighted by atomic mass is 10.1. The Labute approximate surface area is 138 Å². The zero-order valence-electron chi connectivity index (χ0n) is 10.6. The van der Waals surface area contributed by atoms with Crippen molar-refractivity contribution in [2.75, 3.05) is 5.32 Å². The first-order chi connectivity index (χ1) is 10.4. The number of amides is 3. The summed E-state index contributed by atoms with van der Waals surface area (Å²) in [7, 11) is 0. The highest BCUT2D eigenvalue weighted by Gasteiger charge is 2.20. The molecule has 0 spiro atoms. The van der Waals surface area contributed by atoms with Gasteiger partial charge in [0.2, 0.25) is 0 Å². The largest absolute Gasteiger partial charge is 0.465 e. The van der Waals surface area contributed by atoms with Crippen LogP contribution in [0.2, 0.25) is 10.2 Å². The van der Waals surface area contributed by atoms with Crippen molar-refractivity contribution < 1.29 is 19.5 Å². The van der Waals surface area contributed by atoms with Gasteiger partial charge < -0.3 is 10.4 Å². The average Bonchev–Trinajstić information content (AvgIpc) is 2.79. The number of nitrogens with zero attached hydrogens (tertiary/aromatic N) is 1. The van der Waals surface area contributed by atoms with E-state index in [1.165, 1.54) is 18.2 Å². The Morgan fingerprint density at radius 1 is 1.14 bits per heavy atom. The zero-order chi connectivity index (χ0) is 16.3. The van der Waals surface area contributed by atoms with Gasteiger partial charge in [-0.2, -0.15) is 4.37 Å². The number of hydrogen-bond donors (Lipinski definition) is 3. The van der Waals surface area contributed by atoms with Gasteiger partial charge in [0.15, 0.2) is 5.15 Å². The Balaban J connectivity index is 2.26. The fourth-order valence-electron chi connectivity index (χ4n) is 1.53. The van der Waals surface area contributed by atoms with Crippen molar-refractivity contribution in [3.63, 3.8) is 0 Å². The van der Waals surface area contributed by atoms with Crippen molar-refractivity contribution in [1.29, 1.82) is 0 Å². The second-order valence-electron chi connectivity index (χ2n) is 3.88. The molecule has 0 aliphatic rings. The van der Waals surface area contributed by atoms with Crippen LogP contribution < -0.4 is 10.6 Å². The minimum atomic E-state index is -1.50. The maximum atomic E-state index is 12.1. The van der Waals surface area contributed by atoms with Crippen LogP contribution in [-0.2, 0) is 0 Å². The Bertz CT molecular complexity index is 763. The first-order valence-electron chi connectivity index (χ1n) is 5.65. The molecule has 0 fully saturated rings. The third kappa shape index (κ3) is 3.53. The van der Waals surface area contributed by atoms with Crippen LogP contribution in [0.5, 0.6) is 0 Å². The average molecular weight is 360 g/mol. The van der Waals surface area contributed by atoms with Crippen molar-refractivity contribution in [1.82, 2.24) is 9.69 Å². The van der Waals surface area contributed by atoms with Gasteiger partial charge in [-0.25, -0.2) is 4.79 Å². The van der Waals surface area contributed by atoms with E-state index in [0.717, 1.165) is 11.5 Å². The van der Waals surface area contributed by atoms with Crippen LogP contribution in [0.25, 0.3) is 0 Å². The molecule has 0 radical (unpaired) electrons. The maximum absolute atomic E-state index is 12.1. The van der Waals surface area contributed by atoms with Gasteiger partial charge in [-0.3, -0.25) is 14.9 Å². The number of anilines is 1. The molecule has 1 aromatic heterocycles. The van der Waals surface area contributed by atoms with Gasteiger partial charge in [0.1, 0.15) is 9.90 Å². The van der Waals surface area contributed by atoms with Crippen molar-refractivity contribution in [3.05, 3.63) is 44.9 Å². The molecule has 1 heterocycles. The van der Waals surface area contributed by atoms with Crippen LogP contribution in [0, 0.1) is 0 Å². The third-order valence-corrected chi connectivity index (χ3v) is 4.24. The summed E-state index contributed by atoms with van der Waals surface area (Å²) in [5, 5.41) is 12.8. The molecule has 0 saturated heterocycles. The number of hydrogen-bond acceptors (Lipinski definition) is 5. The highest BCUT2D eigenvalue weighted by molar-refractivity contribution is 7.09. The Kier molecular flexibility index (Phi) is 4.96. The number of aromatic nitrogens is 1. The monoisotopic (exact) mass is 359 g/mol. The van der Waals surface area contributed by atoms with Crippen LogP contribution in [0.15, 0.2) is 24.3 Å². The van der Waals surface area contributed by atoms with Crippen LogP contribution in [-0.4, -0.2) is 27.4 Å². The van der Waals surface area contributed by atoms with Crippen LogP contribution >= 0.6 is 34.7 Å². The summed E-state index contributed by atoms with van der Waals surface area (Å²) in [5.74, 6) is -1.47. The number of nitrogens with one attached hydrogen (secondary N) is 2. The van der Waals surface area contributed by atoms with Crippen molar-refractivity contribution in [2.45, 2.75) is 0 Å². The maximum Gasteiger partial charge on any atom is 0.411 e. The summed E-state index contributed by atoms with van der Waals surface area (Å²) < 4.78 is 3.73. The van der Waals surface area contributed by atoms with E-state index >= 15 is 0 Å². The van der Waals surface area contributed by atoms with Crippen LogP contribution in [0.3, 0.4) is 0 Å². The summed E-state index contributed by atoms with van der Waals surface area (Å²) in [6.07, 6.45) is -1.50. The SMILES string of the molecule is O=C(O)NC(=O)c1ccccc1NC(=O)c1snc(Cl)c1Cl. The Hall–Kier alpha value is -2.16. The third-order valence-electron chi connectivity index (χ3n) is 2.44. The van der Waals surface area contributed by atoms with Gasteiger partial charge in [0.05, 0.1) is 11.3 Å². The van der Waals surface area contributed by atoms with E-state index in [9.17, 15) is 14.4 Å². The summed E-state index contributed by atoms with van der Waals surface area (Å²) in [6.45, 7) is 0. The number of carbonyl (C=O) groups is 3. The zero-order valence-corrected chi connectivity index (χ0v) is 12.9. The van der Waals surface area contributed by atoms with E-state index in [4.69, 9.17) is 28.3 Å². The van der Waals surface area contributed by atoms with Crippen LogP contribution in [0.1, 0.15) is 20.0 Å². The Morgan fingerprint density at radius 2 is 1.82 bits per heavy atom. The minimum Gasteiger partial charge on any atom is -0.465 e. The summed E-state index contributed by atoms with van der Waals surface area (Å²) in [4.78, 5) is 34.5. The van der Waals surface area contributed by atoms with Crippen molar-refractivity contribution in [2.24, 2.45) is 0 Å². The molecule has 3 amide bonds. The van der Waals surface area contributed by atoms with E-state index < -0.39 is 17.9 Å². The highest BCUT2D eigenvalue weighted by atomic mass is 35.5. The molecule has 0 atom stereocenters. The second kappa shape index (κ2) is 6.73. The quantitative estimate of drug-likeness (QED) is 0.779. The molecule has 1 aromatic carbocycles. The van der Waals surface area contributed by atoms with Gasteiger partial charge in [0.25, 0.3) is 11.8 Å². The van der Waals surface area contributed by atoms with E-state index in [-0.39, 0.29) is 26.3 Å². The fourth-order valence-corrected chi connectivity index (χ4v) is 2.64. The molecule has 22 heavy (non-hydrogen) atoms. The van der Waals surface area contributed by atoms with Crippen molar-refractivity contribution in [3.8, 4) is 0 Å². The smallest absolute Gasteiger partial charge is 0.411 e. The van der Waals surface area contributed by atoms with Crippen LogP contribution in [0.4, 0.5) is 10.5 Å². The molecule has 0 aliphatic heterocycles. The number of rotatable bonds is 3. The summed E-state index contributed by atoms with van der Waals surface area (Å²) in [5.41, 5.74) is 0.122. The molecule has 0 bridgehead atoms. The summed E-state index contributed by atoms with van der Waals surface area (Å²) in [6, 6.07) is 5.93. The first-order valence-corrected chi connectivity index (χ1v) is 7.18.